The molecule has 16 heteroatoms. The third kappa shape index (κ3) is 5.89. The van der Waals surface area contributed by atoms with Gasteiger partial charge in [0.2, 0.25) is 0 Å². The lowest BCUT2D eigenvalue weighted by molar-refractivity contribution is -0.331. The van der Waals surface area contributed by atoms with E-state index in [9.17, 15) is 29.2 Å². The van der Waals surface area contributed by atoms with Crippen molar-refractivity contribution in [3.05, 3.63) is 59.6 Å². The topological polar surface area (TPSA) is 171 Å². The first-order valence-electron chi connectivity index (χ1n) is 15.8. The Morgan fingerprint density at radius 3 is 2.70 bits per heavy atom. The fraction of sp³-hybridized carbons (Fsp3) is 0.382. The molecule has 2 radical (unpaired) electrons. The van der Waals surface area contributed by atoms with Crippen LogP contribution in [0, 0.1) is 35.8 Å². The fourth-order valence-corrected chi connectivity index (χ4v) is 7.12. The summed E-state index contributed by atoms with van der Waals surface area (Å²) in [5.41, 5.74) is 5.60. The summed E-state index contributed by atoms with van der Waals surface area (Å²) in [6, 6.07) is 4.18. The predicted octanol–water partition coefficient (Wildman–Crippen LogP) is 2.26. The Kier molecular flexibility index (Phi) is 8.41. The Balaban J connectivity index is 1.39. The number of aliphatic hydroxyl groups is 4. The van der Waals surface area contributed by atoms with Gasteiger partial charge in [-0.3, -0.25) is 9.88 Å². The third-order valence-corrected chi connectivity index (χ3v) is 9.65. The molecule has 2 aromatic carbocycles. The zero-order valence-electron chi connectivity index (χ0n) is 26.7. The molecule has 0 bridgehead atoms. The molecule has 4 aromatic rings. The summed E-state index contributed by atoms with van der Waals surface area (Å²) in [4.78, 5) is 15.9. The second-order valence-electron chi connectivity index (χ2n) is 13.0. The molecule has 0 amide bonds. The van der Waals surface area contributed by atoms with Gasteiger partial charge in [-0.1, -0.05) is 12.0 Å². The van der Waals surface area contributed by atoms with Crippen molar-refractivity contribution in [3.8, 4) is 29.6 Å². The third-order valence-electron chi connectivity index (χ3n) is 9.65. The van der Waals surface area contributed by atoms with E-state index in [0.29, 0.717) is 25.1 Å². The first kappa shape index (κ1) is 34.0. The van der Waals surface area contributed by atoms with Crippen LogP contribution in [-0.2, 0) is 4.74 Å². The number of nitrogens with two attached hydrogens (primary N) is 1. The largest absolute Gasteiger partial charge is 0.405 e. The summed E-state index contributed by atoms with van der Waals surface area (Å²) < 4.78 is 57.1. The molecule has 0 spiro atoms. The van der Waals surface area contributed by atoms with Gasteiger partial charge in [-0.05, 0) is 48.9 Å². The molecule has 4 atom stereocenters. The number of fused-ring (bicyclic) bond motifs is 3. The number of nitrogen functional groups attached to an aromatic ring is 1. The number of rotatable bonds is 6. The maximum Gasteiger partial charge on any atom is 0.332 e. The number of nitrogens with zero attached hydrogens (tertiary/aromatic N) is 5. The molecular weight excluding hydrogens is 656 g/mol. The van der Waals surface area contributed by atoms with Crippen molar-refractivity contribution < 1.29 is 43.1 Å². The number of ether oxygens (including phenoxy) is 2. The molecule has 12 nitrogen and oxygen atoms in total. The van der Waals surface area contributed by atoms with Crippen molar-refractivity contribution in [1.82, 2.24) is 19.9 Å². The Morgan fingerprint density at radius 1 is 1.20 bits per heavy atom. The minimum Gasteiger partial charge on any atom is -0.405 e. The Labute approximate surface area is 285 Å². The highest BCUT2D eigenvalue weighted by atomic mass is 19.1. The van der Waals surface area contributed by atoms with Crippen LogP contribution in [0.4, 0.5) is 24.7 Å². The minimum atomic E-state index is -3.26. The number of aromatic nitrogens is 3. The second kappa shape index (κ2) is 12.4. The number of terminal acetylenes is 1. The van der Waals surface area contributed by atoms with E-state index in [2.05, 4.69) is 20.9 Å². The zero-order valence-corrected chi connectivity index (χ0v) is 26.7. The minimum absolute atomic E-state index is 0.0283. The molecular formula is C34H32BF3N6O6. The van der Waals surface area contributed by atoms with Crippen molar-refractivity contribution in [3.63, 3.8) is 0 Å². The van der Waals surface area contributed by atoms with Crippen molar-refractivity contribution in [2.24, 2.45) is 11.8 Å². The summed E-state index contributed by atoms with van der Waals surface area (Å²) in [6.07, 6.45) is 7.77. The molecule has 3 aliphatic rings. The van der Waals surface area contributed by atoms with E-state index in [1.807, 2.05) is 4.90 Å². The summed E-state index contributed by atoms with van der Waals surface area (Å²) in [7, 11) is 5.48. The first-order valence-corrected chi connectivity index (χ1v) is 15.8. The highest BCUT2D eigenvalue weighted by Crippen LogP contribution is 2.44. The summed E-state index contributed by atoms with van der Waals surface area (Å²) in [5.74, 6) is -6.80. The molecule has 2 saturated heterocycles. The number of likely N-dealkylation sites (tertiary alicyclic amines) is 1. The maximum absolute atomic E-state index is 16.9. The van der Waals surface area contributed by atoms with Crippen molar-refractivity contribution in [2.45, 2.75) is 43.6 Å². The van der Waals surface area contributed by atoms with Gasteiger partial charge in [0.15, 0.2) is 19.5 Å². The number of halogens is 3. The van der Waals surface area contributed by atoms with Gasteiger partial charge >= 0.3 is 12.0 Å². The molecule has 258 valence electrons. The zero-order chi connectivity index (χ0) is 35.7. The van der Waals surface area contributed by atoms with Gasteiger partial charge in [0, 0.05) is 53.9 Å². The van der Waals surface area contributed by atoms with Crippen molar-refractivity contribution in [2.75, 3.05) is 36.9 Å². The van der Waals surface area contributed by atoms with E-state index in [-0.39, 0.29) is 74.9 Å². The highest BCUT2D eigenvalue weighted by molar-refractivity contribution is 6.12. The Morgan fingerprint density at radius 2 is 1.98 bits per heavy atom. The fourth-order valence-electron chi connectivity index (χ4n) is 7.12. The Hall–Kier alpha value is -4.50. The van der Waals surface area contributed by atoms with Crippen LogP contribution in [0.5, 0.6) is 6.01 Å². The van der Waals surface area contributed by atoms with Crippen molar-refractivity contribution >= 4 is 41.0 Å². The molecule has 4 heterocycles. The standard InChI is InChI=1S/C34H32BF3N6O6/c1-3-21-25(37)5-4-17-9-20(39)11-22(27(17)21)29-28(38)30-23(13-40-29)31(43-6-7-49-15-19-10-26(19)43)42-32(41-30)50-33(45,46)24-14-44(34(35,47)48)16(2)8-18(24)12-36/h1,4-5,9,11-13,16,19,24,26,45-48H,6-8,10,14-15,39H2,2H3/b18-12+. The smallest absolute Gasteiger partial charge is 0.332 e. The van der Waals surface area contributed by atoms with E-state index in [1.54, 1.807) is 13.0 Å². The van der Waals surface area contributed by atoms with Crippen LogP contribution in [0.25, 0.3) is 32.9 Å². The molecule has 4 unspecified atom stereocenters. The molecule has 50 heavy (non-hydrogen) atoms. The second-order valence-corrected chi connectivity index (χ2v) is 13.0. The van der Waals surface area contributed by atoms with E-state index in [1.165, 1.54) is 24.4 Å². The lowest BCUT2D eigenvalue weighted by atomic mass is 9.84. The average Bonchev–Trinajstić information content (AvgIpc) is 3.85. The predicted molar refractivity (Wildman–Crippen MR) is 177 cm³/mol. The number of anilines is 2. The van der Waals surface area contributed by atoms with Crippen molar-refractivity contribution in [1.29, 1.82) is 0 Å². The molecule has 6 N–H and O–H groups in total. The number of piperidine rings is 1. The lowest BCUT2D eigenvalue weighted by Crippen LogP contribution is -2.62. The van der Waals surface area contributed by atoms with Gasteiger partial charge in [0.05, 0.1) is 36.4 Å². The van der Waals surface area contributed by atoms with Gasteiger partial charge < -0.3 is 40.5 Å². The number of pyridine rings is 1. The number of hydrogen-bond donors (Lipinski definition) is 5. The monoisotopic (exact) mass is 688 g/mol. The van der Waals surface area contributed by atoms with Gasteiger partial charge in [0.25, 0.3) is 0 Å². The van der Waals surface area contributed by atoms with Gasteiger partial charge in [-0.15, -0.1) is 6.42 Å². The van der Waals surface area contributed by atoms with Crippen LogP contribution in [0.1, 0.15) is 25.3 Å². The molecule has 1 saturated carbocycles. The van der Waals surface area contributed by atoms with Crippen LogP contribution in [0.15, 0.2) is 42.4 Å². The van der Waals surface area contributed by atoms with Crippen LogP contribution in [0.2, 0.25) is 0 Å². The van der Waals surface area contributed by atoms with Crippen LogP contribution < -0.4 is 15.4 Å². The lowest BCUT2D eigenvalue weighted by Gasteiger charge is -2.46. The van der Waals surface area contributed by atoms with E-state index < -0.39 is 47.9 Å². The summed E-state index contributed by atoms with van der Waals surface area (Å²) >= 11 is 0. The molecule has 2 aromatic heterocycles. The van der Waals surface area contributed by atoms with Crippen LogP contribution in [0.3, 0.4) is 0 Å². The van der Waals surface area contributed by atoms with Gasteiger partial charge in [-0.2, -0.15) is 9.97 Å². The van der Waals surface area contributed by atoms with E-state index in [4.69, 9.17) is 29.5 Å². The SMILES string of the molecule is [B]C(O)(O)N1CC(C(O)(O)Oc2nc(N3CCOCC4CC43)c3cnc(-c4cc(N)cc5ccc(F)c(C#C)c45)c(F)c3n2)/C(=C/F)CC1C. The quantitative estimate of drug-likeness (QED) is 0.0869. The van der Waals surface area contributed by atoms with E-state index >= 15 is 4.39 Å². The normalized spacial score (nSPS) is 23.9. The molecule has 3 fully saturated rings. The van der Waals surface area contributed by atoms with Crippen LogP contribution in [-0.4, -0.2) is 98.3 Å². The van der Waals surface area contributed by atoms with E-state index in [0.717, 1.165) is 11.3 Å². The van der Waals surface area contributed by atoms with Gasteiger partial charge in [-0.25, -0.2) is 13.2 Å². The average molecular weight is 688 g/mol. The first-order chi connectivity index (χ1) is 23.7. The highest BCUT2D eigenvalue weighted by Gasteiger charge is 2.49. The number of hydrogen-bond acceptors (Lipinski definition) is 12. The maximum atomic E-state index is 16.9. The summed E-state index contributed by atoms with van der Waals surface area (Å²) in [6.45, 7) is 2.16. The number of benzene rings is 2. The van der Waals surface area contributed by atoms with Crippen LogP contribution >= 0.6 is 0 Å². The van der Waals surface area contributed by atoms with Gasteiger partial charge in [0.1, 0.15) is 22.8 Å². The molecule has 7 rings (SSSR count). The molecule has 1 aliphatic carbocycles. The Bertz CT molecular complexity index is 2090. The summed E-state index contributed by atoms with van der Waals surface area (Å²) in [5, 5.41) is 43.5. The molecule has 2 aliphatic heterocycles.